The summed E-state index contributed by atoms with van der Waals surface area (Å²) in [6.45, 7) is 7.27. The zero-order valence-corrected chi connectivity index (χ0v) is 23.6. The Bertz CT molecular complexity index is 1430. The minimum absolute atomic E-state index is 0.0322. The lowest BCUT2D eigenvalue weighted by atomic mass is 10.0. The maximum absolute atomic E-state index is 13.5. The zero-order chi connectivity index (χ0) is 29.7. The Kier molecular flexibility index (Phi) is 9.35. The molecule has 3 atom stereocenters. The van der Waals surface area contributed by atoms with Crippen LogP contribution in [0.15, 0.2) is 22.6 Å². The number of hydrogen-bond acceptors (Lipinski definition) is 7. The second kappa shape index (κ2) is 12.9. The van der Waals surface area contributed by atoms with Crippen LogP contribution in [0.4, 0.5) is 4.39 Å². The number of amides is 4. The normalized spacial score (nSPS) is 20.9. The van der Waals surface area contributed by atoms with Crippen molar-refractivity contribution in [2.45, 2.75) is 77.9 Å². The number of aromatic amines is 1. The molecule has 5 N–H and O–H groups in total. The average Bonchev–Trinajstić information content (AvgIpc) is 3.51. The van der Waals surface area contributed by atoms with Gasteiger partial charge >= 0.3 is 0 Å². The number of hydrogen-bond donors (Lipinski definition) is 5. The standard InChI is InChI=1S/C28H36FN7O5/c1-14(2)23-28-36-24(16(4)41-28)27(40)31-15(3)25(38)30-12-6-5-7-19(26(39)35-23)34-22(37)11-10-21-32-18-9-8-17(29)13-20(18)33-21/h8-9,13-15,19,23H,5-7,10-12H2,1-4H3,(H,30,38)(H,31,40)(H,32,33)(H,34,37)(H,35,39)/t15-,19+,23+/m1/s1. The van der Waals surface area contributed by atoms with E-state index >= 15 is 0 Å². The molecule has 220 valence electrons. The number of nitrogens with zero attached hydrogens (tertiary/aromatic N) is 2. The molecule has 12 nitrogen and oxygen atoms in total. The highest BCUT2D eigenvalue weighted by molar-refractivity contribution is 5.96. The number of aryl methyl sites for hydroxylation is 2. The number of fused-ring (bicyclic) bond motifs is 3. The van der Waals surface area contributed by atoms with Crippen LogP contribution in [0.2, 0.25) is 0 Å². The molecule has 0 aliphatic carbocycles. The molecule has 4 amide bonds. The summed E-state index contributed by atoms with van der Waals surface area (Å²) in [5, 5.41) is 11.2. The van der Waals surface area contributed by atoms with Crippen molar-refractivity contribution in [3.8, 4) is 0 Å². The lowest BCUT2D eigenvalue weighted by Crippen LogP contribution is -2.48. The molecule has 4 rings (SSSR count). The summed E-state index contributed by atoms with van der Waals surface area (Å²) in [6, 6.07) is 1.93. The molecule has 0 fully saturated rings. The van der Waals surface area contributed by atoms with Gasteiger partial charge in [0.15, 0.2) is 5.69 Å². The van der Waals surface area contributed by atoms with Gasteiger partial charge < -0.3 is 30.7 Å². The van der Waals surface area contributed by atoms with Crippen LogP contribution in [-0.2, 0) is 20.8 Å². The van der Waals surface area contributed by atoms with E-state index in [2.05, 4.69) is 36.2 Å². The Morgan fingerprint density at radius 2 is 1.93 bits per heavy atom. The van der Waals surface area contributed by atoms with Crippen LogP contribution in [0.3, 0.4) is 0 Å². The molecule has 41 heavy (non-hydrogen) atoms. The molecule has 0 saturated heterocycles. The molecule has 1 aliphatic rings. The van der Waals surface area contributed by atoms with E-state index in [1.54, 1.807) is 19.9 Å². The van der Waals surface area contributed by atoms with Gasteiger partial charge in [0.2, 0.25) is 23.6 Å². The minimum Gasteiger partial charge on any atom is -0.443 e. The van der Waals surface area contributed by atoms with Crippen molar-refractivity contribution in [3.05, 3.63) is 47.2 Å². The predicted molar refractivity (Wildman–Crippen MR) is 147 cm³/mol. The van der Waals surface area contributed by atoms with Crippen molar-refractivity contribution in [1.82, 2.24) is 36.2 Å². The third-order valence-corrected chi connectivity index (χ3v) is 6.95. The molecule has 3 aromatic rings. The smallest absolute Gasteiger partial charge is 0.274 e. The van der Waals surface area contributed by atoms with Gasteiger partial charge in [-0.2, -0.15) is 0 Å². The summed E-state index contributed by atoms with van der Waals surface area (Å²) in [6.07, 6.45) is 1.78. The summed E-state index contributed by atoms with van der Waals surface area (Å²) in [5.74, 6) is -1.24. The highest BCUT2D eigenvalue weighted by atomic mass is 19.1. The molecule has 13 heteroatoms. The topological polar surface area (TPSA) is 171 Å². The van der Waals surface area contributed by atoms with Crippen LogP contribution >= 0.6 is 0 Å². The van der Waals surface area contributed by atoms with E-state index in [0.717, 1.165) is 0 Å². The molecule has 0 saturated carbocycles. The number of oxazole rings is 1. The minimum atomic E-state index is -0.852. The Balaban J connectivity index is 1.49. The Labute approximate surface area is 236 Å². The molecular formula is C28H36FN7O5. The van der Waals surface area contributed by atoms with E-state index < -0.39 is 29.9 Å². The summed E-state index contributed by atoms with van der Waals surface area (Å²) >= 11 is 0. The molecule has 0 radical (unpaired) electrons. The maximum Gasteiger partial charge on any atom is 0.274 e. The van der Waals surface area contributed by atoms with E-state index in [4.69, 9.17) is 4.42 Å². The van der Waals surface area contributed by atoms with Gasteiger partial charge in [-0.15, -0.1) is 0 Å². The van der Waals surface area contributed by atoms with Crippen LogP contribution in [0.25, 0.3) is 11.0 Å². The number of benzene rings is 1. The van der Waals surface area contributed by atoms with Crippen molar-refractivity contribution in [2.75, 3.05) is 6.54 Å². The Hall–Kier alpha value is -4.29. The van der Waals surface area contributed by atoms with Crippen molar-refractivity contribution < 1.29 is 28.0 Å². The van der Waals surface area contributed by atoms with Crippen molar-refractivity contribution in [2.24, 2.45) is 5.92 Å². The van der Waals surface area contributed by atoms with Crippen LogP contribution in [0.5, 0.6) is 0 Å². The zero-order valence-electron chi connectivity index (χ0n) is 23.6. The number of rotatable bonds is 5. The van der Waals surface area contributed by atoms with Gasteiger partial charge in [0, 0.05) is 19.4 Å². The van der Waals surface area contributed by atoms with Crippen LogP contribution in [-0.4, -0.2) is 57.2 Å². The van der Waals surface area contributed by atoms with Crippen molar-refractivity contribution in [1.29, 1.82) is 0 Å². The number of H-pyrrole nitrogens is 1. The van der Waals surface area contributed by atoms with Crippen LogP contribution < -0.4 is 21.3 Å². The highest BCUT2D eigenvalue weighted by Gasteiger charge is 2.31. The molecule has 1 aromatic carbocycles. The predicted octanol–water partition coefficient (Wildman–Crippen LogP) is 2.35. The first-order chi connectivity index (χ1) is 19.5. The summed E-state index contributed by atoms with van der Waals surface area (Å²) in [5.41, 5.74) is 1.17. The van der Waals surface area contributed by atoms with E-state index in [-0.39, 0.29) is 53.7 Å². The number of carbonyl (C=O) groups excluding carboxylic acids is 4. The molecule has 0 spiro atoms. The lowest BCUT2D eigenvalue weighted by Gasteiger charge is -2.24. The number of aromatic nitrogens is 3. The van der Waals surface area contributed by atoms with Gasteiger partial charge in [-0.3, -0.25) is 19.2 Å². The van der Waals surface area contributed by atoms with Crippen LogP contribution in [0.1, 0.15) is 80.5 Å². The quantitative estimate of drug-likeness (QED) is 0.314. The van der Waals surface area contributed by atoms with Crippen LogP contribution in [0, 0.1) is 18.7 Å². The molecule has 3 heterocycles. The lowest BCUT2D eigenvalue weighted by molar-refractivity contribution is -0.130. The monoisotopic (exact) mass is 569 g/mol. The van der Waals surface area contributed by atoms with Gasteiger partial charge in [-0.1, -0.05) is 13.8 Å². The summed E-state index contributed by atoms with van der Waals surface area (Å²) in [7, 11) is 0. The fraction of sp³-hybridized carbons (Fsp3) is 0.500. The number of nitrogens with one attached hydrogen (secondary N) is 5. The van der Waals surface area contributed by atoms with Gasteiger partial charge in [-0.05, 0) is 57.2 Å². The summed E-state index contributed by atoms with van der Waals surface area (Å²) in [4.78, 5) is 63.3. The maximum atomic E-state index is 13.5. The second-order valence-electron chi connectivity index (χ2n) is 10.6. The fourth-order valence-electron chi connectivity index (χ4n) is 4.62. The second-order valence-corrected chi connectivity index (χ2v) is 10.6. The number of imidazole rings is 1. The molecule has 2 bridgehead atoms. The summed E-state index contributed by atoms with van der Waals surface area (Å²) < 4.78 is 19.3. The third kappa shape index (κ3) is 7.47. The molecule has 1 aliphatic heterocycles. The van der Waals surface area contributed by atoms with Gasteiger partial charge in [0.25, 0.3) is 5.91 Å². The van der Waals surface area contributed by atoms with E-state index in [0.29, 0.717) is 42.7 Å². The highest BCUT2D eigenvalue weighted by Crippen LogP contribution is 2.24. The van der Waals surface area contributed by atoms with Gasteiger partial charge in [0.05, 0.1) is 11.0 Å². The molecular weight excluding hydrogens is 533 g/mol. The number of carbonyl (C=O) groups is 4. The molecule has 2 aromatic heterocycles. The third-order valence-electron chi connectivity index (χ3n) is 6.95. The van der Waals surface area contributed by atoms with Gasteiger partial charge in [0.1, 0.15) is 35.5 Å². The first-order valence-electron chi connectivity index (χ1n) is 13.8. The number of halogens is 1. The first-order valence-corrected chi connectivity index (χ1v) is 13.8. The van der Waals surface area contributed by atoms with Crippen molar-refractivity contribution >= 4 is 34.7 Å². The van der Waals surface area contributed by atoms with E-state index in [1.165, 1.54) is 12.1 Å². The first kappa shape index (κ1) is 29.7. The van der Waals surface area contributed by atoms with Gasteiger partial charge in [-0.25, -0.2) is 14.4 Å². The Morgan fingerprint density at radius 3 is 2.68 bits per heavy atom. The Morgan fingerprint density at radius 1 is 1.15 bits per heavy atom. The molecule has 0 unspecified atom stereocenters. The van der Waals surface area contributed by atoms with Crippen molar-refractivity contribution in [3.63, 3.8) is 0 Å². The largest absolute Gasteiger partial charge is 0.443 e. The fourth-order valence-corrected chi connectivity index (χ4v) is 4.62. The SMILES string of the molecule is Cc1oc2nc1C(=O)N[C@H](C)C(=O)NCCCC[C@H](NC(=O)CCc1nc3ccc(F)cc3[nH]1)C(=O)N[C@H]2C(C)C. The van der Waals surface area contributed by atoms with E-state index in [1.807, 2.05) is 13.8 Å². The average molecular weight is 570 g/mol. The van der Waals surface area contributed by atoms with E-state index in [9.17, 15) is 23.6 Å².